The van der Waals surface area contributed by atoms with Crippen LogP contribution in [-0.2, 0) is 9.59 Å². The van der Waals surface area contributed by atoms with Crippen LogP contribution in [0, 0.1) is 11.6 Å². The third-order valence-electron chi connectivity index (χ3n) is 4.12. The minimum absolute atomic E-state index is 0.0478. The van der Waals surface area contributed by atoms with Crippen molar-refractivity contribution in [2.24, 2.45) is 0 Å². The van der Waals surface area contributed by atoms with Crippen molar-refractivity contribution >= 4 is 23.6 Å². The number of nitrogens with one attached hydrogen (secondary N) is 2. The quantitative estimate of drug-likeness (QED) is 0.771. The first kappa shape index (κ1) is 18.7. The zero-order chi connectivity index (χ0) is 17.6. The number of hydrogen-bond donors (Lipinski definition) is 2. The van der Waals surface area contributed by atoms with E-state index in [4.69, 9.17) is 0 Å². The van der Waals surface area contributed by atoms with Gasteiger partial charge >= 0.3 is 0 Å². The van der Waals surface area contributed by atoms with Crippen molar-refractivity contribution in [1.82, 2.24) is 10.6 Å². The molecule has 1 aliphatic carbocycles. The lowest BCUT2D eigenvalue weighted by Crippen LogP contribution is -2.60. The number of benzene rings is 1. The topological polar surface area (TPSA) is 58.2 Å². The van der Waals surface area contributed by atoms with Gasteiger partial charge in [0.2, 0.25) is 11.8 Å². The van der Waals surface area contributed by atoms with Gasteiger partial charge in [-0.05, 0) is 38.0 Å². The molecule has 0 saturated heterocycles. The third kappa shape index (κ3) is 4.69. The molecule has 0 heterocycles. The molecule has 1 saturated carbocycles. The summed E-state index contributed by atoms with van der Waals surface area (Å²) in [6.45, 7) is 2.36. The van der Waals surface area contributed by atoms with E-state index < -0.39 is 17.2 Å². The van der Waals surface area contributed by atoms with Crippen LogP contribution < -0.4 is 10.6 Å². The largest absolute Gasteiger partial charge is 0.354 e. The summed E-state index contributed by atoms with van der Waals surface area (Å²) >= 11 is 1.11. The molecule has 0 unspecified atom stereocenters. The maximum Gasteiger partial charge on any atom is 0.245 e. The zero-order valence-corrected chi connectivity index (χ0v) is 14.5. The molecular weight excluding hydrogens is 334 g/mol. The number of rotatable bonds is 6. The molecule has 24 heavy (non-hydrogen) atoms. The Balaban J connectivity index is 1.97. The van der Waals surface area contributed by atoms with Gasteiger partial charge in [-0.1, -0.05) is 19.3 Å². The first-order valence-electron chi connectivity index (χ1n) is 8.14. The summed E-state index contributed by atoms with van der Waals surface area (Å²) in [5.41, 5.74) is -0.847. The van der Waals surface area contributed by atoms with Crippen LogP contribution in [0.5, 0.6) is 0 Å². The van der Waals surface area contributed by atoms with Crippen molar-refractivity contribution in [3.05, 3.63) is 29.8 Å². The molecule has 132 valence electrons. The van der Waals surface area contributed by atoms with Crippen LogP contribution in [0.25, 0.3) is 0 Å². The number of likely N-dealkylation sites (N-methyl/N-ethyl adjacent to an activating group) is 1. The number of carbonyl (C=O) groups is 2. The summed E-state index contributed by atoms with van der Waals surface area (Å²) in [4.78, 5) is 25.1. The Morgan fingerprint density at radius 2 is 1.88 bits per heavy atom. The van der Waals surface area contributed by atoms with Gasteiger partial charge in [0.15, 0.2) is 11.6 Å². The van der Waals surface area contributed by atoms with Crippen molar-refractivity contribution in [3.63, 3.8) is 0 Å². The Hall–Kier alpha value is -1.63. The first-order chi connectivity index (χ1) is 11.5. The fraction of sp³-hybridized carbons (Fsp3) is 0.529. The molecule has 1 aliphatic rings. The highest BCUT2D eigenvalue weighted by atomic mass is 32.2. The fourth-order valence-electron chi connectivity index (χ4n) is 2.91. The molecule has 4 nitrogen and oxygen atoms in total. The van der Waals surface area contributed by atoms with E-state index in [1.165, 1.54) is 6.07 Å². The Kier molecular flexibility index (Phi) is 6.60. The molecule has 2 rings (SSSR count). The maximum atomic E-state index is 13.2. The van der Waals surface area contributed by atoms with Gasteiger partial charge in [0.25, 0.3) is 0 Å². The first-order valence-corrected chi connectivity index (χ1v) is 9.12. The predicted molar refractivity (Wildman–Crippen MR) is 89.7 cm³/mol. The summed E-state index contributed by atoms with van der Waals surface area (Å²) < 4.78 is 26.1. The second kappa shape index (κ2) is 8.46. The van der Waals surface area contributed by atoms with E-state index in [1.54, 1.807) is 0 Å². The normalized spacial score (nSPS) is 16.5. The van der Waals surface area contributed by atoms with Crippen molar-refractivity contribution in [1.29, 1.82) is 0 Å². The average molecular weight is 356 g/mol. The van der Waals surface area contributed by atoms with Crippen molar-refractivity contribution < 1.29 is 18.4 Å². The summed E-state index contributed by atoms with van der Waals surface area (Å²) in [7, 11) is 0. The number of hydrogen-bond acceptors (Lipinski definition) is 3. The van der Waals surface area contributed by atoms with E-state index in [1.807, 2.05) is 6.92 Å². The summed E-state index contributed by atoms with van der Waals surface area (Å²) in [5.74, 6) is -2.23. The van der Waals surface area contributed by atoms with Gasteiger partial charge in [0.1, 0.15) is 5.54 Å². The SMILES string of the molecule is CCNC(=O)C1(NC(=O)CSc2ccc(F)c(F)c2)CCCCC1. The molecule has 0 aliphatic heterocycles. The molecule has 1 aromatic rings. The van der Waals surface area contributed by atoms with Gasteiger partial charge < -0.3 is 10.6 Å². The molecule has 7 heteroatoms. The molecule has 0 spiro atoms. The molecule has 2 N–H and O–H groups in total. The van der Waals surface area contributed by atoms with Gasteiger partial charge in [0.05, 0.1) is 5.75 Å². The molecule has 0 atom stereocenters. The molecule has 2 amide bonds. The highest BCUT2D eigenvalue weighted by Gasteiger charge is 2.40. The van der Waals surface area contributed by atoms with Gasteiger partial charge in [-0.15, -0.1) is 11.8 Å². The lowest BCUT2D eigenvalue weighted by atomic mass is 9.80. The molecule has 1 fully saturated rings. The second-order valence-electron chi connectivity index (χ2n) is 5.91. The van der Waals surface area contributed by atoms with Crippen LogP contribution in [0.2, 0.25) is 0 Å². The highest BCUT2D eigenvalue weighted by Crippen LogP contribution is 2.29. The lowest BCUT2D eigenvalue weighted by molar-refractivity contribution is -0.134. The van der Waals surface area contributed by atoms with Crippen molar-refractivity contribution in [2.45, 2.75) is 49.5 Å². The Morgan fingerprint density at radius 3 is 2.50 bits per heavy atom. The molecule has 1 aromatic carbocycles. The van der Waals surface area contributed by atoms with Crippen LogP contribution in [0.1, 0.15) is 39.0 Å². The standard InChI is InChI=1S/C17H22F2N2O2S/c1-2-20-16(23)17(8-4-3-5-9-17)21-15(22)11-24-12-6-7-13(18)14(19)10-12/h6-7,10H,2-5,8-9,11H2,1H3,(H,20,23)(H,21,22). The second-order valence-corrected chi connectivity index (χ2v) is 6.96. The Morgan fingerprint density at radius 1 is 1.17 bits per heavy atom. The van der Waals surface area contributed by atoms with Crippen LogP contribution in [0.15, 0.2) is 23.1 Å². The van der Waals surface area contributed by atoms with Gasteiger partial charge in [-0.25, -0.2) is 8.78 Å². The number of thioether (sulfide) groups is 1. The summed E-state index contributed by atoms with van der Waals surface area (Å²) in [6.07, 6.45) is 4.10. The van der Waals surface area contributed by atoms with E-state index >= 15 is 0 Å². The number of carbonyl (C=O) groups excluding carboxylic acids is 2. The van der Waals surface area contributed by atoms with Crippen LogP contribution in [0.4, 0.5) is 8.78 Å². The third-order valence-corrected chi connectivity index (χ3v) is 5.11. The Labute approximate surface area is 144 Å². The molecule has 0 aromatic heterocycles. The Bertz CT molecular complexity index is 604. The number of amides is 2. The van der Waals surface area contributed by atoms with Crippen molar-refractivity contribution in [2.75, 3.05) is 12.3 Å². The van der Waals surface area contributed by atoms with E-state index in [-0.39, 0.29) is 17.6 Å². The van der Waals surface area contributed by atoms with Gasteiger partial charge in [-0.2, -0.15) is 0 Å². The monoisotopic (exact) mass is 356 g/mol. The fourth-order valence-corrected chi connectivity index (χ4v) is 3.63. The van der Waals surface area contributed by atoms with E-state index in [9.17, 15) is 18.4 Å². The average Bonchev–Trinajstić information content (AvgIpc) is 2.57. The molecule has 0 radical (unpaired) electrons. The van der Waals surface area contributed by atoms with Gasteiger partial charge in [-0.3, -0.25) is 9.59 Å². The summed E-state index contributed by atoms with van der Waals surface area (Å²) in [5, 5.41) is 5.67. The van der Waals surface area contributed by atoms with E-state index in [0.29, 0.717) is 24.3 Å². The summed E-state index contributed by atoms with van der Waals surface area (Å²) in [6, 6.07) is 3.52. The lowest BCUT2D eigenvalue weighted by Gasteiger charge is -2.36. The number of halogens is 2. The highest BCUT2D eigenvalue weighted by molar-refractivity contribution is 8.00. The molecular formula is C17H22F2N2O2S. The van der Waals surface area contributed by atoms with Crippen LogP contribution >= 0.6 is 11.8 Å². The van der Waals surface area contributed by atoms with Crippen molar-refractivity contribution in [3.8, 4) is 0 Å². The smallest absolute Gasteiger partial charge is 0.245 e. The molecule has 0 bridgehead atoms. The van der Waals surface area contributed by atoms with E-state index in [2.05, 4.69) is 10.6 Å². The maximum absolute atomic E-state index is 13.2. The van der Waals surface area contributed by atoms with Crippen LogP contribution in [0.3, 0.4) is 0 Å². The van der Waals surface area contributed by atoms with Crippen LogP contribution in [-0.4, -0.2) is 29.7 Å². The van der Waals surface area contributed by atoms with Gasteiger partial charge in [0, 0.05) is 11.4 Å². The predicted octanol–water partition coefficient (Wildman–Crippen LogP) is 3.01. The minimum atomic E-state index is -0.938. The zero-order valence-electron chi connectivity index (χ0n) is 13.7. The minimum Gasteiger partial charge on any atom is -0.354 e. The van der Waals surface area contributed by atoms with E-state index in [0.717, 1.165) is 43.2 Å².